The highest BCUT2D eigenvalue weighted by Gasteiger charge is 2.11. The number of thiazole rings is 1. The highest BCUT2D eigenvalue weighted by molar-refractivity contribution is 7.98. The molecule has 7 heteroatoms. The van der Waals surface area contributed by atoms with Gasteiger partial charge in [-0.2, -0.15) is 11.8 Å². The summed E-state index contributed by atoms with van der Waals surface area (Å²) in [5.41, 5.74) is 2.47. The van der Waals surface area contributed by atoms with Gasteiger partial charge in [0.05, 0.1) is 15.8 Å². The molecule has 0 fully saturated rings. The van der Waals surface area contributed by atoms with Gasteiger partial charge in [0, 0.05) is 12.2 Å². The maximum atomic E-state index is 10.2. The average molecular weight is 390 g/mol. The zero-order valence-electron chi connectivity index (χ0n) is 13.8. The van der Waals surface area contributed by atoms with E-state index in [4.69, 9.17) is 12.2 Å². The number of thiocarbonyl (C=S) groups is 1. The average Bonchev–Trinajstić information content (AvgIpc) is 3.04. The molecule has 0 amide bonds. The van der Waals surface area contributed by atoms with E-state index < -0.39 is 0 Å². The van der Waals surface area contributed by atoms with Gasteiger partial charge in [0.1, 0.15) is 10.8 Å². The van der Waals surface area contributed by atoms with Crippen LogP contribution in [-0.2, 0) is 0 Å². The molecule has 0 aliphatic heterocycles. The van der Waals surface area contributed by atoms with Crippen molar-refractivity contribution >= 4 is 56.3 Å². The molecular formula is C18H19N3OS3. The topological polar surface area (TPSA) is 57.2 Å². The van der Waals surface area contributed by atoms with E-state index in [0.29, 0.717) is 10.7 Å². The number of benzene rings is 2. The molecule has 0 unspecified atom stereocenters. The summed E-state index contributed by atoms with van der Waals surface area (Å²) in [5.74, 6) is 1.32. The number of aromatic hydroxyl groups is 1. The van der Waals surface area contributed by atoms with Crippen LogP contribution in [0.2, 0.25) is 0 Å². The normalized spacial score (nSPS) is 10.8. The monoisotopic (exact) mass is 389 g/mol. The zero-order chi connectivity index (χ0) is 17.6. The van der Waals surface area contributed by atoms with E-state index in [1.54, 1.807) is 17.4 Å². The first-order valence-electron chi connectivity index (χ1n) is 7.90. The molecule has 0 saturated heterocycles. The van der Waals surface area contributed by atoms with Crippen molar-refractivity contribution in [3.63, 3.8) is 0 Å². The Kier molecular flexibility index (Phi) is 6.12. The fourth-order valence-corrected chi connectivity index (χ4v) is 4.01. The van der Waals surface area contributed by atoms with Crippen molar-refractivity contribution in [2.45, 2.75) is 6.42 Å². The zero-order valence-corrected chi connectivity index (χ0v) is 16.2. The van der Waals surface area contributed by atoms with Crippen LogP contribution < -0.4 is 10.6 Å². The number of hydrogen-bond donors (Lipinski definition) is 3. The smallest absolute Gasteiger partial charge is 0.170 e. The lowest BCUT2D eigenvalue weighted by molar-refractivity contribution is 0.477. The van der Waals surface area contributed by atoms with Gasteiger partial charge in [-0.25, -0.2) is 4.98 Å². The number of anilines is 1. The summed E-state index contributed by atoms with van der Waals surface area (Å²) < 4.78 is 1.10. The van der Waals surface area contributed by atoms with Crippen molar-refractivity contribution < 1.29 is 5.11 Å². The Morgan fingerprint density at radius 3 is 2.92 bits per heavy atom. The molecule has 2 aromatic carbocycles. The van der Waals surface area contributed by atoms with E-state index in [-0.39, 0.29) is 5.75 Å². The minimum atomic E-state index is 0.212. The lowest BCUT2D eigenvalue weighted by Crippen LogP contribution is -2.29. The lowest BCUT2D eigenvalue weighted by atomic mass is 10.2. The molecule has 0 atom stereocenters. The molecule has 0 bridgehead atoms. The van der Waals surface area contributed by atoms with E-state index in [0.717, 1.165) is 39.6 Å². The predicted octanol–water partition coefficient (Wildman–Crippen LogP) is 4.71. The Hall–Kier alpha value is -1.83. The molecule has 3 rings (SSSR count). The van der Waals surface area contributed by atoms with E-state index in [9.17, 15) is 5.11 Å². The van der Waals surface area contributed by atoms with Gasteiger partial charge >= 0.3 is 0 Å². The van der Waals surface area contributed by atoms with Crippen LogP contribution in [0.5, 0.6) is 5.75 Å². The molecule has 0 radical (unpaired) electrons. The number of nitrogens with one attached hydrogen (secondary N) is 2. The Balaban J connectivity index is 1.75. The quantitative estimate of drug-likeness (QED) is 0.322. The van der Waals surface area contributed by atoms with Gasteiger partial charge in [-0.1, -0.05) is 12.1 Å². The summed E-state index contributed by atoms with van der Waals surface area (Å²) in [7, 11) is 0. The molecule has 3 N–H and O–H groups in total. The second-order valence-electron chi connectivity index (χ2n) is 5.45. The Morgan fingerprint density at radius 1 is 1.28 bits per heavy atom. The highest BCUT2D eigenvalue weighted by Crippen LogP contribution is 2.36. The van der Waals surface area contributed by atoms with Gasteiger partial charge in [0.25, 0.3) is 0 Å². The molecule has 0 aliphatic rings. The summed E-state index contributed by atoms with van der Waals surface area (Å²) in [6, 6.07) is 13.3. The largest absolute Gasteiger partial charge is 0.507 e. The molecule has 3 aromatic rings. The minimum Gasteiger partial charge on any atom is -0.507 e. The lowest BCUT2D eigenvalue weighted by Gasteiger charge is -2.11. The Labute approximate surface area is 160 Å². The van der Waals surface area contributed by atoms with Crippen LogP contribution >= 0.6 is 35.3 Å². The Morgan fingerprint density at radius 2 is 2.12 bits per heavy atom. The molecule has 0 saturated carbocycles. The van der Waals surface area contributed by atoms with Gasteiger partial charge in [0.15, 0.2) is 5.11 Å². The molecule has 0 aliphatic carbocycles. The maximum Gasteiger partial charge on any atom is 0.170 e. The third kappa shape index (κ3) is 4.62. The van der Waals surface area contributed by atoms with Crippen LogP contribution in [0.15, 0.2) is 42.5 Å². The van der Waals surface area contributed by atoms with Gasteiger partial charge in [0.2, 0.25) is 0 Å². The van der Waals surface area contributed by atoms with Gasteiger partial charge in [-0.05, 0) is 61.0 Å². The van der Waals surface area contributed by atoms with Crippen LogP contribution in [0.25, 0.3) is 20.8 Å². The first-order chi connectivity index (χ1) is 12.2. The van der Waals surface area contributed by atoms with E-state index in [2.05, 4.69) is 21.9 Å². The molecule has 4 nitrogen and oxygen atoms in total. The fourth-order valence-electron chi connectivity index (χ4n) is 2.37. The second kappa shape index (κ2) is 8.51. The summed E-state index contributed by atoms with van der Waals surface area (Å²) in [4.78, 5) is 4.61. The third-order valence-corrected chi connectivity index (χ3v) is 5.60. The first kappa shape index (κ1) is 18.0. The molecule has 0 spiro atoms. The molecule has 25 heavy (non-hydrogen) atoms. The summed E-state index contributed by atoms with van der Waals surface area (Å²) in [5, 5.41) is 18.0. The second-order valence-corrected chi connectivity index (χ2v) is 7.87. The van der Waals surface area contributed by atoms with Crippen molar-refractivity contribution in [1.82, 2.24) is 10.3 Å². The highest BCUT2D eigenvalue weighted by atomic mass is 32.2. The summed E-state index contributed by atoms with van der Waals surface area (Å²) in [6.07, 6.45) is 3.16. The molecule has 1 heterocycles. The van der Waals surface area contributed by atoms with Crippen molar-refractivity contribution in [2.75, 3.05) is 23.9 Å². The number of para-hydroxylation sites is 1. The van der Waals surface area contributed by atoms with Crippen LogP contribution in [-0.4, -0.2) is 33.8 Å². The fraction of sp³-hybridized carbons (Fsp3) is 0.222. The molecule has 130 valence electrons. The number of phenols is 1. The van der Waals surface area contributed by atoms with Crippen molar-refractivity contribution in [2.24, 2.45) is 0 Å². The predicted molar refractivity (Wildman–Crippen MR) is 114 cm³/mol. The molecular weight excluding hydrogens is 370 g/mol. The Bertz CT molecular complexity index is 846. The maximum absolute atomic E-state index is 10.2. The number of fused-ring (bicyclic) bond motifs is 1. The first-order valence-corrected chi connectivity index (χ1v) is 10.5. The van der Waals surface area contributed by atoms with Crippen molar-refractivity contribution in [3.8, 4) is 16.3 Å². The number of nitrogens with zero attached hydrogens (tertiary/aromatic N) is 1. The number of hydrogen-bond acceptors (Lipinski definition) is 5. The minimum absolute atomic E-state index is 0.212. The van der Waals surface area contributed by atoms with E-state index in [1.165, 1.54) is 0 Å². The SMILES string of the molecule is CSCCCNC(=S)Nc1ccc(O)c(-c2nc3ccccc3s2)c1. The van der Waals surface area contributed by atoms with Gasteiger partial charge in [-0.15, -0.1) is 11.3 Å². The van der Waals surface area contributed by atoms with Gasteiger partial charge in [-0.3, -0.25) is 0 Å². The molecule has 1 aromatic heterocycles. The van der Waals surface area contributed by atoms with Crippen LogP contribution in [0, 0.1) is 0 Å². The van der Waals surface area contributed by atoms with Crippen molar-refractivity contribution in [1.29, 1.82) is 0 Å². The number of aromatic nitrogens is 1. The van der Waals surface area contributed by atoms with Crippen LogP contribution in [0.1, 0.15) is 6.42 Å². The van der Waals surface area contributed by atoms with Gasteiger partial charge < -0.3 is 15.7 Å². The number of rotatable bonds is 6. The van der Waals surface area contributed by atoms with Crippen LogP contribution in [0.3, 0.4) is 0 Å². The summed E-state index contributed by atoms with van der Waals surface area (Å²) >= 11 is 8.71. The van der Waals surface area contributed by atoms with Crippen LogP contribution in [0.4, 0.5) is 5.69 Å². The number of phenolic OH excluding ortho intramolecular Hbond substituents is 1. The summed E-state index contributed by atoms with van der Waals surface area (Å²) in [6.45, 7) is 0.843. The van der Waals surface area contributed by atoms with E-state index >= 15 is 0 Å². The van der Waals surface area contributed by atoms with Crippen molar-refractivity contribution in [3.05, 3.63) is 42.5 Å². The standard InChI is InChI=1S/C18H19N3OS3/c1-24-10-4-9-19-18(23)20-12-7-8-15(22)13(11-12)17-21-14-5-2-3-6-16(14)25-17/h2-3,5-8,11,22H,4,9-10H2,1H3,(H2,19,20,23). The van der Waals surface area contributed by atoms with E-state index in [1.807, 2.05) is 48.2 Å². The third-order valence-electron chi connectivity index (χ3n) is 3.59. The number of thioether (sulfide) groups is 1.